The van der Waals surface area contributed by atoms with Crippen molar-refractivity contribution in [1.82, 2.24) is 0 Å². The molecule has 0 aromatic heterocycles. The maximum Gasteiger partial charge on any atom is 0.203 e. The molecule has 570 valence electrons. The number of hydrogen-bond acceptors (Lipinski definition) is 24. The monoisotopic (exact) mass is 1450 g/mol. The molecule has 0 N–H and O–H groups in total. The van der Waals surface area contributed by atoms with Gasteiger partial charge >= 0.3 is 0 Å². The van der Waals surface area contributed by atoms with E-state index in [0.29, 0.717) is 204 Å². The molecule has 7 aromatic rings. The third-order valence-corrected chi connectivity index (χ3v) is 15.3. The summed E-state index contributed by atoms with van der Waals surface area (Å²) in [5.41, 5.74) is 2.76. The smallest absolute Gasteiger partial charge is 0.203 e. The molecule has 0 atom stereocenters. The first-order valence-corrected chi connectivity index (χ1v) is 35.3. The Bertz CT molecular complexity index is 3210. The van der Waals surface area contributed by atoms with Gasteiger partial charge in [-0.3, -0.25) is 0 Å². The number of hydrogen-bond donors (Lipinski definition) is 0. The van der Waals surface area contributed by atoms with Gasteiger partial charge in [0, 0.05) is 64.9 Å². The predicted octanol–water partition coefficient (Wildman–Crippen LogP) is 9.45. The van der Waals surface area contributed by atoms with Crippen molar-refractivity contribution < 1.29 is 114 Å². The van der Waals surface area contributed by atoms with Gasteiger partial charge in [0.05, 0.1) is 198 Å². The van der Waals surface area contributed by atoms with E-state index in [-0.39, 0.29) is 79.3 Å². The summed E-state index contributed by atoms with van der Waals surface area (Å²) in [6.45, 7) is 13.0. The Kier molecular flexibility index (Phi) is 43.3. The zero-order valence-electron chi connectivity index (χ0n) is 61.5. The van der Waals surface area contributed by atoms with Gasteiger partial charge < -0.3 is 114 Å². The maximum absolute atomic E-state index is 6.55. The van der Waals surface area contributed by atoms with E-state index in [4.69, 9.17) is 114 Å². The Morgan fingerprint density at radius 2 is 0.385 bits per heavy atom. The molecule has 24 nitrogen and oxygen atoms in total. The van der Waals surface area contributed by atoms with E-state index in [9.17, 15) is 0 Å². The van der Waals surface area contributed by atoms with E-state index in [1.165, 1.54) is 0 Å². The maximum atomic E-state index is 6.55. The summed E-state index contributed by atoms with van der Waals surface area (Å²) < 4.78 is 139. The highest BCUT2D eigenvalue weighted by Gasteiger charge is 2.20. The SMILES string of the molecule is COCCOCCOCCOc1cc(C#Cc2c3cc4ccccc4cc3c(C#Cc3cc(OCCOCCOCCOC)c(OCCOCCOCCOC)c(OCCOCCOCCOC)c3)c3cc4ccccc4cc23)cc(OCCOCCOCCOC)c1OCCOCCOCCOC. The van der Waals surface area contributed by atoms with E-state index in [1.807, 2.05) is 48.5 Å². The van der Waals surface area contributed by atoms with Gasteiger partial charge in [-0.15, -0.1) is 0 Å². The van der Waals surface area contributed by atoms with E-state index < -0.39 is 0 Å². The molecule has 0 aliphatic carbocycles. The van der Waals surface area contributed by atoms with Crippen molar-refractivity contribution in [3.8, 4) is 58.2 Å². The second-order valence-electron chi connectivity index (χ2n) is 22.7. The Morgan fingerprint density at radius 1 is 0.202 bits per heavy atom. The molecule has 104 heavy (non-hydrogen) atoms. The first kappa shape index (κ1) is 84.0. The molecule has 7 rings (SSSR count). The van der Waals surface area contributed by atoms with Gasteiger partial charge in [0.1, 0.15) is 39.6 Å². The standard InChI is InChI=1S/C80H106O24/c1-81-19-25-87-31-37-93-43-49-99-75-55-63(56-76(100-50-44-94-38-32-88-26-20-82-2)79(75)103-53-47-97-41-35-91-29-23-85-5)15-17-69-71-59-65-11-7-9-13-67(65)61-73(71)70(74-62-68-14-10-8-12-66(68)60-72(69)74)18-16-64-57-77(101-51-45-95-39-33-89-27-21-83-3)80(104-54-48-98-42-36-92-30-24-86-6)78(58-64)102-52-46-96-40-34-90-28-22-84-4/h7-14,55-62H,19-54H2,1-6H3. The summed E-state index contributed by atoms with van der Waals surface area (Å²) in [7, 11) is 9.81. The second kappa shape index (κ2) is 53.5. The van der Waals surface area contributed by atoms with E-state index >= 15 is 0 Å². The summed E-state index contributed by atoms with van der Waals surface area (Å²) >= 11 is 0. The molecular formula is C80H106O24. The van der Waals surface area contributed by atoms with Crippen LogP contribution in [0.15, 0.2) is 97.1 Å². The fourth-order valence-corrected chi connectivity index (χ4v) is 10.2. The van der Waals surface area contributed by atoms with Crippen LogP contribution in [0, 0.1) is 23.7 Å². The van der Waals surface area contributed by atoms with Crippen LogP contribution >= 0.6 is 0 Å². The fraction of sp³-hybridized carbons (Fsp3) is 0.525. The first-order valence-electron chi connectivity index (χ1n) is 35.3. The zero-order chi connectivity index (χ0) is 73.0. The van der Waals surface area contributed by atoms with Crippen molar-refractivity contribution in [2.75, 3.05) is 281 Å². The third-order valence-electron chi connectivity index (χ3n) is 15.3. The van der Waals surface area contributed by atoms with Crippen LogP contribution in [0.4, 0.5) is 0 Å². The lowest BCUT2D eigenvalue weighted by Crippen LogP contribution is -2.15. The molecule has 0 heterocycles. The molecule has 0 aliphatic rings. The molecular weight excluding hydrogens is 1340 g/mol. The number of fused-ring (bicyclic) bond motifs is 4. The Balaban J connectivity index is 1.32. The van der Waals surface area contributed by atoms with Crippen molar-refractivity contribution in [3.05, 3.63) is 119 Å². The fourth-order valence-electron chi connectivity index (χ4n) is 10.2. The molecule has 0 spiro atoms. The van der Waals surface area contributed by atoms with Gasteiger partial charge in [0.15, 0.2) is 23.0 Å². The summed E-state index contributed by atoms with van der Waals surface area (Å²) in [4.78, 5) is 0. The van der Waals surface area contributed by atoms with Gasteiger partial charge in [-0.05, 0) is 91.6 Å². The molecule has 0 aliphatic heterocycles. The van der Waals surface area contributed by atoms with Crippen LogP contribution in [-0.2, 0) is 85.3 Å². The van der Waals surface area contributed by atoms with Crippen LogP contribution in [0.2, 0.25) is 0 Å². The predicted molar refractivity (Wildman–Crippen MR) is 395 cm³/mol. The van der Waals surface area contributed by atoms with Gasteiger partial charge in [0.2, 0.25) is 11.5 Å². The largest absolute Gasteiger partial charge is 0.487 e. The lowest BCUT2D eigenvalue weighted by atomic mass is 9.88. The zero-order valence-corrected chi connectivity index (χ0v) is 61.5. The lowest BCUT2D eigenvalue weighted by Gasteiger charge is -2.18. The number of ether oxygens (including phenoxy) is 24. The quantitative estimate of drug-likeness (QED) is 0.0197. The molecule has 0 saturated carbocycles. The van der Waals surface area contributed by atoms with Crippen molar-refractivity contribution in [2.24, 2.45) is 0 Å². The van der Waals surface area contributed by atoms with Crippen molar-refractivity contribution in [1.29, 1.82) is 0 Å². The summed E-state index contributed by atoms with van der Waals surface area (Å²) in [6, 6.07) is 32.8. The van der Waals surface area contributed by atoms with Crippen LogP contribution < -0.4 is 28.4 Å². The van der Waals surface area contributed by atoms with Crippen LogP contribution in [0.1, 0.15) is 22.3 Å². The van der Waals surface area contributed by atoms with Crippen LogP contribution in [0.3, 0.4) is 0 Å². The van der Waals surface area contributed by atoms with Crippen molar-refractivity contribution in [3.63, 3.8) is 0 Å². The minimum atomic E-state index is 0.174. The highest BCUT2D eigenvalue weighted by molar-refractivity contribution is 6.16. The van der Waals surface area contributed by atoms with Gasteiger partial charge in [-0.25, -0.2) is 0 Å². The van der Waals surface area contributed by atoms with Gasteiger partial charge in [-0.2, -0.15) is 0 Å². The third kappa shape index (κ3) is 31.5. The molecule has 24 heteroatoms. The number of benzene rings is 7. The van der Waals surface area contributed by atoms with E-state index in [1.54, 1.807) is 42.7 Å². The Morgan fingerprint density at radius 3 is 0.587 bits per heavy atom. The number of methoxy groups -OCH3 is 6. The van der Waals surface area contributed by atoms with Crippen LogP contribution in [0.25, 0.3) is 43.1 Å². The molecule has 7 aromatic carbocycles. The Hall–Kier alpha value is -7.22. The van der Waals surface area contributed by atoms with Crippen molar-refractivity contribution >= 4 is 43.1 Å². The normalized spacial score (nSPS) is 11.4. The molecule has 0 bridgehead atoms. The summed E-state index contributed by atoms with van der Waals surface area (Å²) in [6.07, 6.45) is 0. The molecule has 0 fully saturated rings. The van der Waals surface area contributed by atoms with Gasteiger partial charge in [-0.1, -0.05) is 72.2 Å². The molecule has 0 amide bonds. The van der Waals surface area contributed by atoms with Gasteiger partial charge in [0.25, 0.3) is 0 Å². The second-order valence-corrected chi connectivity index (χ2v) is 22.7. The highest BCUT2D eigenvalue weighted by atomic mass is 16.6. The molecule has 0 unspecified atom stereocenters. The van der Waals surface area contributed by atoms with Crippen LogP contribution in [-0.4, -0.2) is 281 Å². The van der Waals surface area contributed by atoms with E-state index in [0.717, 1.165) is 54.2 Å². The van der Waals surface area contributed by atoms with E-state index in [2.05, 4.69) is 72.2 Å². The summed E-state index contributed by atoms with van der Waals surface area (Å²) in [5.74, 6) is 16.8. The van der Waals surface area contributed by atoms with Crippen LogP contribution in [0.5, 0.6) is 34.5 Å². The minimum Gasteiger partial charge on any atom is -0.487 e. The average Bonchev–Trinajstić information content (AvgIpc) is 0.735. The minimum absolute atomic E-state index is 0.174. The van der Waals surface area contributed by atoms with Crippen molar-refractivity contribution in [2.45, 2.75) is 0 Å². The number of rotatable bonds is 60. The molecule has 0 radical (unpaired) electrons. The highest BCUT2D eigenvalue weighted by Crippen LogP contribution is 2.42. The summed E-state index contributed by atoms with van der Waals surface area (Å²) in [5, 5.41) is 7.65. The topological polar surface area (TPSA) is 222 Å². The Labute approximate surface area is 612 Å². The molecule has 0 saturated heterocycles. The average molecular weight is 1450 g/mol. The lowest BCUT2D eigenvalue weighted by molar-refractivity contribution is 0.0146. The first-order chi connectivity index (χ1) is 51.5.